The highest BCUT2D eigenvalue weighted by Gasteiger charge is 2.21. The van der Waals surface area contributed by atoms with Crippen LogP contribution in [0.1, 0.15) is 11.6 Å². The summed E-state index contributed by atoms with van der Waals surface area (Å²) in [5.41, 5.74) is 1.51. The molecular weight excluding hydrogens is 314 g/mol. The minimum atomic E-state index is -0.722. The Labute approximate surface area is 140 Å². The lowest BCUT2D eigenvalue weighted by molar-refractivity contribution is -0.128. The average molecular weight is 332 g/mol. The summed E-state index contributed by atoms with van der Waals surface area (Å²) in [4.78, 5) is 24.1. The van der Waals surface area contributed by atoms with Crippen LogP contribution in [0.3, 0.4) is 0 Å². The van der Waals surface area contributed by atoms with Crippen molar-refractivity contribution in [3.8, 4) is 0 Å². The van der Waals surface area contributed by atoms with Gasteiger partial charge in [-0.1, -0.05) is 41.9 Å². The fraction of sp³-hybridized carbons (Fsp3) is 0.176. The third kappa shape index (κ3) is 5.00. The van der Waals surface area contributed by atoms with Crippen molar-refractivity contribution in [1.29, 1.82) is 0 Å². The van der Waals surface area contributed by atoms with Gasteiger partial charge in [0.05, 0.1) is 6.54 Å². The number of carbonyl (C=O) groups is 2. The molecule has 0 aromatic heterocycles. The van der Waals surface area contributed by atoms with Crippen molar-refractivity contribution in [2.24, 2.45) is 0 Å². The number of nitrogens with one attached hydrogen (secondary N) is 3. The Kier molecular flexibility index (Phi) is 6.00. The minimum absolute atomic E-state index is 0.0575. The number of likely N-dealkylation sites (N-methyl/N-ethyl adjacent to an activating group) is 1. The van der Waals surface area contributed by atoms with E-state index in [2.05, 4.69) is 16.0 Å². The maximum atomic E-state index is 12.1. The van der Waals surface area contributed by atoms with Gasteiger partial charge in [0.25, 0.3) is 0 Å². The number of hydrogen-bond donors (Lipinski definition) is 3. The largest absolute Gasteiger partial charge is 0.376 e. The summed E-state index contributed by atoms with van der Waals surface area (Å²) in [5.74, 6) is -0.548. The van der Waals surface area contributed by atoms with Crippen molar-refractivity contribution in [1.82, 2.24) is 10.6 Å². The molecule has 0 heterocycles. The number of hydrogen-bond acceptors (Lipinski definition) is 3. The van der Waals surface area contributed by atoms with Crippen LogP contribution in [0.2, 0.25) is 5.02 Å². The first-order valence-corrected chi connectivity index (χ1v) is 7.53. The lowest BCUT2D eigenvalue weighted by Crippen LogP contribution is -2.41. The second kappa shape index (κ2) is 8.19. The van der Waals surface area contributed by atoms with Gasteiger partial charge in [-0.3, -0.25) is 9.59 Å². The molecule has 0 aliphatic rings. The van der Waals surface area contributed by atoms with Crippen molar-refractivity contribution in [3.63, 3.8) is 0 Å². The Balaban J connectivity index is 1.97. The third-order valence-corrected chi connectivity index (χ3v) is 3.50. The van der Waals surface area contributed by atoms with E-state index in [4.69, 9.17) is 11.6 Å². The van der Waals surface area contributed by atoms with E-state index in [1.807, 2.05) is 18.2 Å². The quantitative estimate of drug-likeness (QED) is 0.761. The molecule has 2 aromatic carbocycles. The van der Waals surface area contributed by atoms with Crippen LogP contribution in [0.15, 0.2) is 54.6 Å². The van der Waals surface area contributed by atoms with Crippen LogP contribution >= 0.6 is 11.6 Å². The lowest BCUT2D eigenvalue weighted by atomic mass is 10.1. The number of benzene rings is 2. The Morgan fingerprint density at radius 1 is 1.04 bits per heavy atom. The maximum Gasteiger partial charge on any atom is 0.246 e. The number of carbonyl (C=O) groups excluding carboxylic acids is 2. The highest BCUT2D eigenvalue weighted by molar-refractivity contribution is 6.30. The van der Waals surface area contributed by atoms with Crippen molar-refractivity contribution in [2.75, 3.05) is 18.9 Å². The van der Waals surface area contributed by atoms with Gasteiger partial charge in [0, 0.05) is 17.8 Å². The van der Waals surface area contributed by atoms with E-state index in [9.17, 15) is 9.59 Å². The molecule has 120 valence electrons. The molecule has 3 N–H and O–H groups in total. The Morgan fingerprint density at radius 2 is 1.70 bits per heavy atom. The van der Waals surface area contributed by atoms with E-state index >= 15 is 0 Å². The van der Waals surface area contributed by atoms with E-state index in [1.165, 1.54) is 7.05 Å². The van der Waals surface area contributed by atoms with Gasteiger partial charge in [-0.25, -0.2) is 0 Å². The molecule has 0 saturated carbocycles. The van der Waals surface area contributed by atoms with Crippen LogP contribution < -0.4 is 16.0 Å². The second-order valence-electron chi connectivity index (χ2n) is 4.89. The first-order chi connectivity index (χ1) is 11.1. The average Bonchev–Trinajstić information content (AvgIpc) is 2.59. The van der Waals surface area contributed by atoms with Gasteiger partial charge in [-0.05, 0) is 29.8 Å². The molecule has 2 aromatic rings. The number of rotatable bonds is 6. The predicted octanol–water partition coefficient (Wildman–Crippen LogP) is 2.36. The van der Waals surface area contributed by atoms with E-state index in [0.29, 0.717) is 5.02 Å². The monoisotopic (exact) mass is 331 g/mol. The van der Waals surface area contributed by atoms with Crippen LogP contribution in [-0.2, 0) is 9.59 Å². The maximum absolute atomic E-state index is 12.1. The molecule has 0 fully saturated rings. The van der Waals surface area contributed by atoms with Crippen LogP contribution in [-0.4, -0.2) is 25.4 Å². The SMILES string of the molecule is CNC(=O)[C@H](NC(=O)CNc1ccc(Cl)cc1)c1ccccc1. The standard InChI is InChI=1S/C17H18ClN3O2/c1-19-17(23)16(12-5-3-2-4-6-12)21-15(22)11-20-14-9-7-13(18)8-10-14/h2-10,16,20H,11H2,1H3,(H,19,23)(H,21,22)/t16-/m1/s1. The summed E-state index contributed by atoms with van der Waals surface area (Å²) >= 11 is 5.81. The first kappa shape index (κ1) is 16.8. The van der Waals surface area contributed by atoms with Crippen molar-refractivity contribution >= 4 is 29.1 Å². The van der Waals surface area contributed by atoms with E-state index in [0.717, 1.165) is 11.3 Å². The molecule has 6 heteroatoms. The fourth-order valence-electron chi connectivity index (χ4n) is 2.05. The second-order valence-corrected chi connectivity index (χ2v) is 5.32. The summed E-state index contributed by atoms with van der Waals surface area (Å²) in [6, 6.07) is 15.4. The van der Waals surface area contributed by atoms with Gasteiger partial charge in [0.2, 0.25) is 11.8 Å². The molecule has 1 atom stereocenters. The smallest absolute Gasteiger partial charge is 0.246 e. The Hall–Kier alpha value is -2.53. The molecule has 0 aliphatic carbocycles. The van der Waals surface area contributed by atoms with Crippen molar-refractivity contribution < 1.29 is 9.59 Å². The molecule has 2 rings (SSSR count). The van der Waals surface area contributed by atoms with Crippen LogP contribution in [0.25, 0.3) is 0 Å². The highest BCUT2D eigenvalue weighted by atomic mass is 35.5. The van der Waals surface area contributed by atoms with Gasteiger partial charge in [-0.15, -0.1) is 0 Å². The van der Waals surface area contributed by atoms with Gasteiger partial charge in [0.15, 0.2) is 0 Å². The zero-order valence-electron chi connectivity index (χ0n) is 12.7. The minimum Gasteiger partial charge on any atom is -0.376 e. The molecule has 0 spiro atoms. The van der Waals surface area contributed by atoms with E-state index < -0.39 is 6.04 Å². The molecule has 23 heavy (non-hydrogen) atoms. The molecule has 0 aliphatic heterocycles. The molecule has 5 nitrogen and oxygen atoms in total. The summed E-state index contributed by atoms with van der Waals surface area (Å²) in [7, 11) is 1.54. The lowest BCUT2D eigenvalue weighted by Gasteiger charge is -2.18. The molecule has 0 unspecified atom stereocenters. The highest BCUT2D eigenvalue weighted by Crippen LogP contribution is 2.14. The van der Waals surface area contributed by atoms with Crippen LogP contribution in [0.4, 0.5) is 5.69 Å². The summed E-state index contributed by atoms with van der Waals surface area (Å²) < 4.78 is 0. The number of amides is 2. The predicted molar refractivity (Wildman–Crippen MR) is 91.3 cm³/mol. The zero-order chi connectivity index (χ0) is 16.7. The van der Waals surface area contributed by atoms with Gasteiger partial charge >= 0.3 is 0 Å². The Bertz CT molecular complexity index is 659. The molecule has 0 bridgehead atoms. The molecular formula is C17H18ClN3O2. The first-order valence-electron chi connectivity index (χ1n) is 7.15. The van der Waals surface area contributed by atoms with Crippen molar-refractivity contribution in [3.05, 3.63) is 65.2 Å². The summed E-state index contributed by atoms with van der Waals surface area (Å²) in [6.45, 7) is 0.0575. The van der Waals surface area contributed by atoms with Crippen molar-refractivity contribution in [2.45, 2.75) is 6.04 Å². The normalized spacial score (nSPS) is 11.4. The van der Waals surface area contributed by atoms with E-state index in [-0.39, 0.29) is 18.4 Å². The van der Waals surface area contributed by atoms with Crippen LogP contribution in [0.5, 0.6) is 0 Å². The summed E-state index contributed by atoms with van der Waals surface area (Å²) in [6.07, 6.45) is 0. The molecule has 0 radical (unpaired) electrons. The van der Waals surface area contributed by atoms with E-state index in [1.54, 1.807) is 36.4 Å². The van der Waals surface area contributed by atoms with Gasteiger partial charge < -0.3 is 16.0 Å². The molecule has 0 saturated heterocycles. The third-order valence-electron chi connectivity index (χ3n) is 3.24. The topological polar surface area (TPSA) is 70.2 Å². The Morgan fingerprint density at radius 3 is 2.30 bits per heavy atom. The van der Waals surface area contributed by atoms with Gasteiger partial charge in [-0.2, -0.15) is 0 Å². The molecule has 2 amide bonds. The number of anilines is 1. The van der Waals surface area contributed by atoms with Crippen LogP contribution in [0, 0.1) is 0 Å². The number of halogens is 1. The fourth-order valence-corrected chi connectivity index (χ4v) is 2.18. The summed E-state index contributed by atoms with van der Waals surface area (Å²) in [5, 5.41) is 8.90. The van der Waals surface area contributed by atoms with Gasteiger partial charge in [0.1, 0.15) is 6.04 Å². The zero-order valence-corrected chi connectivity index (χ0v) is 13.4.